The first-order chi connectivity index (χ1) is 12.1. The minimum atomic E-state index is -1.53. The Morgan fingerprint density at radius 1 is 1.12 bits per heavy atom. The summed E-state index contributed by atoms with van der Waals surface area (Å²) in [6, 6.07) is 8.77. The second kappa shape index (κ2) is 7.64. The number of amides is 2. The highest BCUT2D eigenvalue weighted by Gasteiger charge is 2.36. The molecule has 0 aliphatic heterocycles. The molecule has 0 aromatic carbocycles. The minimum Gasteiger partial charge on any atom is -0.466 e. The monoisotopic (exact) mass is 376 g/mol. The zero-order valence-corrected chi connectivity index (χ0v) is 14.7. The predicted octanol–water partition coefficient (Wildman–Crippen LogP) is 2.07. The van der Waals surface area contributed by atoms with Gasteiger partial charge in [-0.05, 0) is 40.4 Å². The van der Waals surface area contributed by atoms with Crippen LogP contribution in [0.1, 0.15) is 16.2 Å². The van der Waals surface area contributed by atoms with Crippen molar-refractivity contribution < 1.29 is 19.1 Å². The number of carbonyl (C=O) groups is 2. The van der Waals surface area contributed by atoms with Crippen molar-refractivity contribution in [2.75, 3.05) is 6.54 Å². The number of rotatable bonds is 6. The van der Waals surface area contributed by atoms with Gasteiger partial charge in [-0.25, -0.2) is 0 Å². The molecule has 6 nitrogen and oxygen atoms in total. The molecule has 0 unspecified atom stereocenters. The number of furan rings is 1. The molecule has 25 heavy (non-hydrogen) atoms. The fourth-order valence-corrected chi connectivity index (χ4v) is 3.66. The number of nitrogens with one attached hydrogen (secondary N) is 2. The van der Waals surface area contributed by atoms with Gasteiger partial charge in [-0.15, -0.1) is 11.3 Å². The van der Waals surface area contributed by atoms with Gasteiger partial charge in [0.15, 0.2) is 5.60 Å². The quantitative estimate of drug-likeness (QED) is 0.575. The molecule has 3 aromatic heterocycles. The minimum absolute atomic E-state index is 0.178. The van der Waals surface area contributed by atoms with Gasteiger partial charge in [0.05, 0.1) is 19.4 Å². The number of carbonyl (C=O) groups excluding carboxylic acids is 2. The van der Waals surface area contributed by atoms with Crippen molar-refractivity contribution in [3.8, 4) is 0 Å². The van der Waals surface area contributed by atoms with E-state index in [4.69, 9.17) is 4.42 Å². The summed E-state index contributed by atoms with van der Waals surface area (Å²) < 4.78 is 5.32. The molecule has 0 fully saturated rings. The van der Waals surface area contributed by atoms with Gasteiger partial charge < -0.3 is 20.2 Å². The smallest absolute Gasteiger partial charge is 0.309 e. The highest BCUT2D eigenvalue weighted by atomic mass is 32.1. The number of hydrogen-bond acceptors (Lipinski definition) is 6. The first-order valence-corrected chi connectivity index (χ1v) is 9.29. The Morgan fingerprint density at radius 3 is 2.60 bits per heavy atom. The molecule has 0 bridgehead atoms. The summed E-state index contributed by atoms with van der Waals surface area (Å²) in [5, 5.41) is 21.5. The van der Waals surface area contributed by atoms with Gasteiger partial charge in [0.2, 0.25) is 0 Å². The maximum Gasteiger partial charge on any atom is 0.309 e. The van der Waals surface area contributed by atoms with Gasteiger partial charge in [-0.1, -0.05) is 6.07 Å². The predicted molar refractivity (Wildman–Crippen MR) is 95.2 cm³/mol. The highest BCUT2D eigenvalue weighted by Crippen LogP contribution is 2.30. The van der Waals surface area contributed by atoms with Crippen LogP contribution in [-0.4, -0.2) is 23.5 Å². The lowest BCUT2D eigenvalue weighted by molar-refractivity contribution is -0.139. The molecule has 3 heterocycles. The van der Waals surface area contributed by atoms with Crippen LogP contribution < -0.4 is 10.6 Å². The Labute approximate surface area is 152 Å². The van der Waals surface area contributed by atoms with Crippen LogP contribution in [-0.2, 0) is 21.7 Å². The lowest BCUT2D eigenvalue weighted by atomic mass is 9.93. The highest BCUT2D eigenvalue weighted by molar-refractivity contribution is 7.09. The van der Waals surface area contributed by atoms with Crippen LogP contribution in [0.15, 0.2) is 57.2 Å². The Kier molecular flexibility index (Phi) is 5.32. The summed E-state index contributed by atoms with van der Waals surface area (Å²) >= 11 is 2.91. The number of hydrogen-bond donors (Lipinski definition) is 3. The van der Waals surface area contributed by atoms with Crippen molar-refractivity contribution >= 4 is 34.5 Å². The van der Waals surface area contributed by atoms with E-state index in [1.54, 1.807) is 23.6 Å². The van der Waals surface area contributed by atoms with Gasteiger partial charge in [-0.3, -0.25) is 9.59 Å². The van der Waals surface area contributed by atoms with E-state index in [-0.39, 0.29) is 13.1 Å². The topological polar surface area (TPSA) is 91.6 Å². The molecule has 130 valence electrons. The van der Waals surface area contributed by atoms with E-state index >= 15 is 0 Å². The van der Waals surface area contributed by atoms with Crippen LogP contribution in [0.5, 0.6) is 0 Å². The molecular formula is C17H16N2O4S2. The Bertz CT molecular complexity index is 777. The van der Waals surface area contributed by atoms with E-state index < -0.39 is 17.4 Å². The molecule has 3 N–H and O–H groups in total. The van der Waals surface area contributed by atoms with E-state index in [1.165, 1.54) is 28.9 Å². The van der Waals surface area contributed by atoms with E-state index in [1.807, 2.05) is 22.9 Å². The first-order valence-electron chi connectivity index (χ1n) is 7.47. The molecule has 0 aliphatic rings. The van der Waals surface area contributed by atoms with E-state index in [0.29, 0.717) is 11.3 Å². The average molecular weight is 376 g/mol. The summed E-state index contributed by atoms with van der Waals surface area (Å²) in [5.74, 6) is -1.26. The summed E-state index contributed by atoms with van der Waals surface area (Å²) in [4.78, 5) is 24.9. The molecule has 0 saturated carbocycles. The third-order valence-corrected chi connectivity index (χ3v) is 5.20. The Morgan fingerprint density at radius 2 is 1.96 bits per heavy atom. The third kappa shape index (κ3) is 3.98. The van der Waals surface area contributed by atoms with Crippen molar-refractivity contribution in [1.29, 1.82) is 0 Å². The van der Waals surface area contributed by atoms with Crippen molar-refractivity contribution in [1.82, 2.24) is 10.6 Å². The van der Waals surface area contributed by atoms with Crippen LogP contribution in [0.2, 0.25) is 0 Å². The van der Waals surface area contributed by atoms with E-state index in [2.05, 4.69) is 10.6 Å². The van der Waals surface area contributed by atoms with Crippen molar-refractivity contribution in [3.05, 3.63) is 68.9 Å². The normalized spacial score (nSPS) is 13.2. The molecular weight excluding hydrogens is 360 g/mol. The maximum atomic E-state index is 12.0. The standard InChI is InChI=1S/C17H16N2O4S2/c20-15(18-9-13-3-2-7-25-13)16(21)19-11-17(22,12-5-8-24-10-12)14-4-1-6-23-14/h1-8,10,22H,9,11H2,(H,18,20)(H,19,21)/t17-/m0/s1. The Balaban J connectivity index is 1.63. The van der Waals surface area contributed by atoms with Gasteiger partial charge in [0.1, 0.15) is 5.76 Å². The van der Waals surface area contributed by atoms with E-state index in [9.17, 15) is 14.7 Å². The fourth-order valence-electron chi connectivity index (χ4n) is 2.29. The molecule has 0 aliphatic carbocycles. The lowest BCUT2D eigenvalue weighted by Gasteiger charge is -2.25. The van der Waals surface area contributed by atoms with Gasteiger partial charge in [-0.2, -0.15) is 11.3 Å². The molecule has 3 rings (SSSR count). The second-order valence-electron chi connectivity index (χ2n) is 5.29. The van der Waals surface area contributed by atoms with Crippen LogP contribution in [0.3, 0.4) is 0 Å². The molecule has 1 atom stereocenters. The van der Waals surface area contributed by atoms with Crippen molar-refractivity contribution in [3.63, 3.8) is 0 Å². The Hall–Kier alpha value is -2.42. The number of aliphatic hydroxyl groups is 1. The molecule has 0 spiro atoms. The molecule has 8 heteroatoms. The number of thiophene rings is 2. The fraction of sp³-hybridized carbons (Fsp3) is 0.176. The summed E-state index contributed by atoms with van der Waals surface area (Å²) in [6.45, 7) is 0.111. The zero-order chi connectivity index (χ0) is 17.7. The SMILES string of the molecule is O=C(NCc1cccs1)C(=O)NC[C@](O)(c1ccsc1)c1ccco1. The van der Waals surface area contributed by atoms with Crippen LogP contribution in [0.25, 0.3) is 0 Å². The van der Waals surface area contributed by atoms with Crippen molar-refractivity contribution in [2.45, 2.75) is 12.1 Å². The molecule has 0 radical (unpaired) electrons. The van der Waals surface area contributed by atoms with Crippen LogP contribution >= 0.6 is 22.7 Å². The lowest BCUT2D eigenvalue weighted by Crippen LogP contribution is -2.46. The van der Waals surface area contributed by atoms with Gasteiger partial charge in [0.25, 0.3) is 0 Å². The maximum absolute atomic E-state index is 12.0. The van der Waals surface area contributed by atoms with Gasteiger partial charge in [0, 0.05) is 10.4 Å². The van der Waals surface area contributed by atoms with Crippen LogP contribution in [0.4, 0.5) is 0 Å². The molecule has 0 saturated heterocycles. The average Bonchev–Trinajstić information content (AvgIpc) is 3.38. The molecule has 2 amide bonds. The van der Waals surface area contributed by atoms with Crippen LogP contribution in [0, 0.1) is 0 Å². The van der Waals surface area contributed by atoms with E-state index in [0.717, 1.165) is 4.88 Å². The zero-order valence-electron chi connectivity index (χ0n) is 13.1. The summed E-state index contributed by atoms with van der Waals surface area (Å²) in [7, 11) is 0. The molecule has 3 aromatic rings. The largest absolute Gasteiger partial charge is 0.466 e. The van der Waals surface area contributed by atoms with Gasteiger partial charge >= 0.3 is 11.8 Å². The first kappa shape index (κ1) is 17.4. The summed E-state index contributed by atoms with van der Waals surface area (Å²) in [6.07, 6.45) is 1.45. The van der Waals surface area contributed by atoms with Crippen molar-refractivity contribution in [2.24, 2.45) is 0 Å². The summed E-state index contributed by atoms with van der Waals surface area (Å²) in [5.41, 5.74) is -0.945. The second-order valence-corrected chi connectivity index (χ2v) is 7.11. The third-order valence-electron chi connectivity index (χ3n) is 3.64.